The topological polar surface area (TPSA) is 69.6 Å². The highest BCUT2D eigenvalue weighted by Gasteiger charge is 2.17. The quantitative estimate of drug-likeness (QED) is 0.229. The maximum atomic E-state index is 13.4. The van der Waals surface area contributed by atoms with Crippen LogP contribution in [0.1, 0.15) is 19.4 Å². The molecule has 34 heavy (non-hydrogen) atoms. The third-order valence-corrected chi connectivity index (χ3v) is 5.83. The van der Waals surface area contributed by atoms with Gasteiger partial charge in [0.25, 0.3) is 5.56 Å². The Morgan fingerprint density at radius 2 is 1.94 bits per heavy atom. The number of hydrogen-bond acceptors (Lipinski definition) is 5. The lowest BCUT2D eigenvalue weighted by molar-refractivity contribution is 0.242. The van der Waals surface area contributed by atoms with Crippen LogP contribution >= 0.6 is 27.5 Å². The van der Waals surface area contributed by atoms with Crippen LogP contribution in [0, 0.1) is 0 Å². The van der Waals surface area contributed by atoms with Crippen molar-refractivity contribution in [2.24, 2.45) is 5.10 Å². The number of rotatable bonds is 5. The molecule has 0 atom stereocenters. The van der Waals surface area contributed by atoms with Gasteiger partial charge in [0.15, 0.2) is 5.76 Å². The van der Waals surface area contributed by atoms with Crippen LogP contribution in [0.15, 0.2) is 85.5 Å². The molecule has 2 heterocycles. The molecule has 3 aromatic carbocycles. The summed E-state index contributed by atoms with van der Waals surface area (Å²) in [4.78, 5) is 18.2. The summed E-state index contributed by atoms with van der Waals surface area (Å²) in [6.07, 6.45) is 1.51. The minimum atomic E-state index is -0.313. The molecule has 8 heteroatoms. The maximum absolute atomic E-state index is 13.4. The minimum Gasteiger partial charge on any atom is -0.490 e. The van der Waals surface area contributed by atoms with Gasteiger partial charge in [0.1, 0.15) is 11.3 Å². The molecule has 0 aliphatic rings. The average Bonchev–Trinajstić information content (AvgIpc) is 3.22. The highest BCUT2D eigenvalue weighted by Crippen LogP contribution is 2.29. The fourth-order valence-corrected chi connectivity index (χ4v) is 4.18. The van der Waals surface area contributed by atoms with E-state index in [1.54, 1.807) is 42.6 Å². The first-order chi connectivity index (χ1) is 16.4. The summed E-state index contributed by atoms with van der Waals surface area (Å²) < 4.78 is 14.1. The zero-order valence-electron chi connectivity index (χ0n) is 18.3. The summed E-state index contributed by atoms with van der Waals surface area (Å²) in [6, 6.07) is 19.9. The van der Waals surface area contributed by atoms with Gasteiger partial charge >= 0.3 is 0 Å². The Morgan fingerprint density at radius 3 is 2.76 bits per heavy atom. The molecule has 0 N–H and O–H groups in total. The maximum Gasteiger partial charge on any atom is 0.282 e. The van der Waals surface area contributed by atoms with E-state index >= 15 is 0 Å². The zero-order chi connectivity index (χ0) is 23.8. The van der Waals surface area contributed by atoms with Gasteiger partial charge in [-0.25, -0.2) is 4.98 Å². The molecule has 0 amide bonds. The summed E-state index contributed by atoms with van der Waals surface area (Å²) >= 11 is 9.69. The van der Waals surface area contributed by atoms with Gasteiger partial charge in [0, 0.05) is 20.4 Å². The molecule has 5 rings (SSSR count). The van der Waals surface area contributed by atoms with Gasteiger partial charge in [0.2, 0.25) is 5.82 Å². The van der Waals surface area contributed by atoms with E-state index in [1.165, 1.54) is 4.68 Å². The third kappa shape index (κ3) is 4.36. The fraction of sp³-hybridized carbons (Fsp3) is 0.115. The van der Waals surface area contributed by atoms with Crippen molar-refractivity contribution in [1.29, 1.82) is 0 Å². The Labute approximate surface area is 208 Å². The molecule has 2 aromatic heterocycles. The van der Waals surface area contributed by atoms with E-state index in [4.69, 9.17) is 25.7 Å². The first-order valence-electron chi connectivity index (χ1n) is 10.6. The van der Waals surface area contributed by atoms with Crippen molar-refractivity contribution in [2.45, 2.75) is 20.0 Å². The van der Waals surface area contributed by atoms with E-state index in [2.05, 4.69) is 21.0 Å². The summed E-state index contributed by atoms with van der Waals surface area (Å²) in [5.41, 5.74) is 1.56. The van der Waals surface area contributed by atoms with Crippen molar-refractivity contribution in [3.8, 4) is 17.3 Å². The second kappa shape index (κ2) is 9.08. The Kier molecular flexibility index (Phi) is 5.98. The van der Waals surface area contributed by atoms with Crippen molar-refractivity contribution in [3.63, 3.8) is 0 Å². The Hall–Kier alpha value is -3.42. The lowest BCUT2D eigenvalue weighted by atomic mass is 10.2. The summed E-state index contributed by atoms with van der Waals surface area (Å²) in [6.45, 7) is 3.87. The Bertz CT molecular complexity index is 1620. The van der Waals surface area contributed by atoms with Gasteiger partial charge in [-0.05, 0) is 68.4 Å². The van der Waals surface area contributed by atoms with Crippen molar-refractivity contribution in [1.82, 2.24) is 9.66 Å². The van der Waals surface area contributed by atoms with Crippen LogP contribution in [-0.2, 0) is 0 Å². The molecular formula is C26H19BrClN3O3. The Morgan fingerprint density at radius 1 is 1.12 bits per heavy atom. The molecule has 6 nitrogen and oxygen atoms in total. The second-order valence-electron chi connectivity index (χ2n) is 7.96. The zero-order valence-corrected chi connectivity index (χ0v) is 20.7. The predicted octanol–water partition coefficient (Wildman–Crippen LogP) is 6.90. The molecule has 0 saturated heterocycles. The highest BCUT2D eigenvalue weighted by atomic mass is 79.9. The van der Waals surface area contributed by atoms with Crippen LogP contribution in [0.25, 0.3) is 33.5 Å². The number of hydrogen-bond donors (Lipinski definition) is 0. The number of furan rings is 1. The summed E-state index contributed by atoms with van der Waals surface area (Å²) in [5.74, 6) is 1.33. The van der Waals surface area contributed by atoms with E-state index in [1.807, 2.05) is 44.2 Å². The van der Waals surface area contributed by atoms with Crippen LogP contribution in [0.5, 0.6) is 5.75 Å². The van der Waals surface area contributed by atoms with Gasteiger partial charge < -0.3 is 9.15 Å². The van der Waals surface area contributed by atoms with Crippen LogP contribution in [0.3, 0.4) is 0 Å². The van der Waals surface area contributed by atoms with E-state index < -0.39 is 0 Å². The van der Waals surface area contributed by atoms with E-state index in [-0.39, 0.29) is 11.7 Å². The van der Waals surface area contributed by atoms with E-state index in [9.17, 15) is 4.79 Å². The van der Waals surface area contributed by atoms with Gasteiger partial charge in [-0.15, -0.1) is 0 Å². The third-order valence-electron chi connectivity index (χ3n) is 5.10. The van der Waals surface area contributed by atoms with Crippen molar-refractivity contribution < 1.29 is 9.15 Å². The summed E-state index contributed by atoms with van der Waals surface area (Å²) in [7, 11) is 0. The van der Waals surface area contributed by atoms with Crippen LogP contribution in [-0.4, -0.2) is 22.0 Å². The first-order valence-corrected chi connectivity index (χ1v) is 11.8. The lowest BCUT2D eigenvalue weighted by Gasteiger charge is -2.12. The number of para-hydroxylation sites is 1. The molecule has 0 saturated carbocycles. The SMILES string of the molecule is CC(C)Oc1ccc(Cl)cc1C=Nn1c(-c2cc3cc(Br)ccc3o2)nc2ccccc2c1=O. The number of ether oxygens (including phenoxy) is 1. The second-order valence-corrected chi connectivity index (χ2v) is 9.31. The first kappa shape index (κ1) is 22.4. The Balaban J connectivity index is 1.71. The van der Waals surface area contributed by atoms with Gasteiger partial charge in [-0.3, -0.25) is 4.79 Å². The minimum absolute atomic E-state index is 0.0381. The number of aromatic nitrogens is 2. The molecule has 0 unspecified atom stereocenters. The molecule has 0 aliphatic heterocycles. The average molecular weight is 537 g/mol. The van der Waals surface area contributed by atoms with Crippen LogP contribution < -0.4 is 10.3 Å². The number of fused-ring (bicyclic) bond motifs is 2. The van der Waals surface area contributed by atoms with Crippen LogP contribution in [0.4, 0.5) is 0 Å². The molecule has 170 valence electrons. The molecule has 0 bridgehead atoms. The monoisotopic (exact) mass is 535 g/mol. The van der Waals surface area contributed by atoms with E-state index in [0.717, 1.165) is 9.86 Å². The predicted molar refractivity (Wildman–Crippen MR) is 139 cm³/mol. The largest absolute Gasteiger partial charge is 0.490 e. The van der Waals surface area contributed by atoms with Crippen molar-refractivity contribution >= 4 is 55.6 Å². The smallest absolute Gasteiger partial charge is 0.282 e. The number of nitrogens with zero attached hydrogens (tertiary/aromatic N) is 3. The van der Waals surface area contributed by atoms with Gasteiger partial charge in [0.05, 0.1) is 23.2 Å². The van der Waals surface area contributed by atoms with Crippen molar-refractivity contribution in [3.05, 3.63) is 92.1 Å². The molecular weight excluding hydrogens is 518 g/mol. The number of benzene rings is 3. The summed E-state index contributed by atoms with van der Waals surface area (Å²) in [5, 5.41) is 6.37. The fourth-order valence-electron chi connectivity index (χ4n) is 3.62. The lowest BCUT2D eigenvalue weighted by Crippen LogP contribution is -2.20. The van der Waals surface area contributed by atoms with Crippen LogP contribution in [0.2, 0.25) is 5.02 Å². The molecule has 5 aromatic rings. The molecule has 0 spiro atoms. The molecule has 0 radical (unpaired) electrons. The van der Waals surface area contributed by atoms with Gasteiger partial charge in [-0.2, -0.15) is 9.78 Å². The normalized spacial score (nSPS) is 11.8. The standard InChI is InChI=1S/C26H19BrClN3O3/c1-15(2)33-23-10-8-19(28)12-17(23)14-29-31-25(30-21-6-4-3-5-20(21)26(31)32)24-13-16-11-18(27)7-9-22(16)34-24/h3-15H,1-2H3. The highest BCUT2D eigenvalue weighted by molar-refractivity contribution is 9.10. The van der Waals surface area contributed by atoms with Crippen molar-refractivity contribution in [2.75, 3.05) is 0 Å². The van der Waals surface area contributed by atoms with Gasteiger partial charge in [-0.1, -0.05) is 39.7 Å². The molecule has 0 aliphatic carbocycles. The number of halogens is 2. The van der Waals surface area contributed by atoms with E-state index in [0.29, 0.717) is 44.4 Å². The molecule has 0 fully saturated rings.